The average molecular weight is 298 g/mol. The fourth-order valence-electron chi connectivity index (χ4n) is 4.10. The van der Waals surface area contributed by atoms with E-state index in [1.165, 1.54) is 19.4 Å². The molecule has 0 aromatic heterocycles. The Kier molecular flexibility index (Phi) is 5.04. The van der Waals surface area contributed by atoms with Gasteiger partial charge in [-0.3, -0.25) is 9.80 Å². The number of alkyl halides is 1. The predicted octanol–water partition coefficient (Wildman–Crippen LogP) is 3.96. The van der Waals surface area contributed by atoms with Crippen molar-refractivity contribution in [3.8, 4) is 0 Å². The van der Waals surface area contributed by atoms with Gasteiger partial charge in [0.1, 0.15) is 6.17 Å². The molecule has 21 heavy (non-hydrogen) atoms. The lowest BCUT2D eigenvalue weighted by atomic mass is 9.74. The van der Waals surface area contributed by atoms with Gasteiger partial charge in [0.2, 0.25) is 0 Å². The number of likely N-dealkylation sites (tertiary alicyclic amines) is 2. The standard InChI is InChI=1S/C18H35FN2/c1-17(2,3)15-9-11-20(13-16(15)19)14-8-7-10-21(12-14)18(4,5)6/h14-16H,7-13H2,1-6H3. The second kappa shape index (κ2) is 6.16. The van der Waals surface area contributed by atoms with Gasteiger partial charge >= 0.3 is 0 Å². The molecule has 0 aromatic carbocycles. The van der Waals surface area contributed by atoms with Gasteiger partial charge in [-0.25, -0.2) is 4.39 Å². The molecule has 2 heterocycles. The van der Waals surface area contributed by atoms with E-state index in [-0.39, 0.29) is 16.9 Å². The first-order valence-electron chi connectivity index (χ1n) is 8.72. The minimum atomic E-state index is -0.663. The van der Waals surface area contributed by atoms with E-state index in [4.69, 9.17) is 0 Å². The molecule has 2 rings (SSSR count). The minimum Gasteiger partial charge on any atom is -0.297 e. The second-order valence-corrected chi connectivity index (χ2v) is 9.19. The van der Waals surface area contributed by atoms with Gasteiger partial charge in [-0.05, 0) is 64.5 Å². The molecule has 2 fully saturated rings. The van der Waals surface area contributed by atoms with E-state index < -0.39 is 6.17 Å². The summed E-state index contributed by atoms with van der Waals surface area (Å²) in [6, 6.07) is 0.553. The van der Waals surface area contributed by atoms with E-state index in [0.717, 1.165) is 19.5 Å². The first-order chi connectivity index (χ1) is 9.59. The summed E-state index contributed by atoms with van der Waals surface area (Å²) in [6.45, 7) is 17.4. The topological polar surface area (TPSA) is 6.48 Å². The van der Waals surface area contributed by atoms with Crippen molar-refractivity contribution in [2.24, 2.45) is 11.3 Å². The van der Waals surface area contributed by atoms with Crippen molar-refractivity contribution in [3.05, 3.63) is 0 Å². The highest BCUT2D eigenvalue weighted by Gasteiger charge is 2.40. The molecule has 2 nitrogen and oxygen atoms in total. The first-order valence-corrected chi connectivity index (χ1v) is 8.72. The van der Waals surface area contributed by atoms with Gasteiger partial charge in [-0.1, -0.05) is 20.8 Å². The molecule has 0 aromatic rings. The largest absolute Gasteiger partial charge is 0.297 e. The molecule has 2 aliphatic rings. The van der Waals surface area contributed by atoms with Gasteiger partial charge in [-0.15, -0.1) is 0 Å². The maximum Gasteiger partial charge on any atom is 0.116 e. The third kappa shape index (κ3) is 4.19. The van der Waals surface area contributed by atoms with Crippen molar-refractivity contribution in [1.29, 1.82) is 0 Å². The van der Waals surface area contributed by atoms with Crippen LogP contribution in [0.5, 0.6) is 0 Å². The fraction of sp³-hybridized carbons (Fsp3) is 1.00. The van der Waals surface area contributed by atoms with Crippen LogP contribution in [0, 0.1) is 11.3 Å². The summed E-state index contributed by atoms with van der Waals surface area (Å²) in [4.78, 5) is 5.01. The van der Waals surface area contributed by atoms with Crippen molar-refractivity contribution < 1.29 is 4.39 Å². The highest BCUT2D eigenvalue weighted by atomic mass is 19.1. The number of rotatable bonds is 1. The molecule has 0 N–H and O–H groups in total. The molecule has 0 amide bonds. The molecular formula is C18H35FN2. The summed E-state index contributed by atoms with van der Waals surface area (Å²) in [5.74, 6) is 0.219. The average Bonchev–Trinajstić information content (AvgIpc) is 2.36. The molecule has 0 spiro atoms. The molecule has 3 heteroatoms. The van der Waals surface area contributed by atoms with Crippen LogP contribution in [0.25, 0.3) is 0 Å². The van der Waals surface area contributed by atoms with Crippen LogP contribution in [0.4, 0.5) is 4.39 Å². The highest BCUT2D eigenvalue weighted by molar-refractivity contribution is 4.93. The minimum absolute atomic E-state index is 0.0928. The fourth-order valence-corrected chi connectivity index (χ4v) is 4.10. The first kappa shape index (κ1) is 17.2. The van der Waals surface area contributed by atoms with E-state index in [1.807, 2.05) is 0 Å². The molecule has 0 bridgehead atoms. The highest BCUT2D eigenvalue weighted by Crippen LogP contribution is 2.37. The Morgan fingerprint density at radius 3 is 2.10 bits per heavy atom. The maximum absolute atomic E-state index is 14.6. The van der Waals surface area contributed by atoms with E-state index in [1.54, 1.807) is 0 Å². The second-order valence-electron chi connectivity index (χ2n) is 9.19. The monoisotopic (exact) mass is 298 g/mol. The van der Waals surface area contributed by atoms with Gasteiger partial charge in [0, 0.05) is 24.7 Å². The van der Waals surface area contributed by atoms with Gasteiger partial charge in [-0.2, -0.15) is 0 Å². The van der Waals surface area contributed by atoms with Crippen molar-refractivity contribution >= 4 is 0 Å². The molecule has 0 aliphatic carbocycles. The molecule has 2 saturated heterocycles. The molecule has 3 unspecified atom stereocenters. The Bertz CT molecular complexity index is 342. The van der Waals surface area contributed by atoms with Gasteiger partial charge in [0.25, 0.3) is 0 Å². The smallest absolute Gasteiger partial charge is 0.116 e. The number of nitrogens with zero attached hydrogens (tertiary/aromatic N) is 2. The van der Waals surface area contributed by atoms with E-state index >= 15 is 0 Å². The predicted molar refractivity (Wildman–Crippen MR) is 88.4 cm³/mol. The van der Waals surface area contributed by atoms with Crippen molar-refractivity contribution in [1.82, 2.24) is 9.80 Å². The summed E-state index contributed by atoms with van der Waals surface area (Å²) in [7, 11) is 0. The van der Waals surface area contributed by atoms with E-state index in [9.17, 15) is 4.39 Å². The van der Waals surface area contributed by atoms with Crippen LogP contribution in [-0.2, 0) is 0 Å². The summed E-state index contributed by atoms with van der Waals surface area (Å²) in [5, 5.41) is 0. The molecule has 3 atom stereocenters. The summed E-state index contributed by atoms with van der Waals surface area (Å²) >= 11 is 0. The lowest BCUT2D eigenvalue weighted by molar-refractivity contribution is -0.0202. The van der Waals surface area contributed by atoms with Crippen LogP contribution in [-0.4, -0.2) is 53.7 Å². The van der Waals surface area contributed by atoms with Crippen LogP contribution in [0.3, 0.4) is 0 Å². The van der Waals surface area contributed by atoms with Crippen molar-refractivity contribution in [2.45, 2.75) is 78.6 Å². The molecule has 0 radical (unpaired) electrons. The third-order valence-electron chi connectivity index (χ3n) is 5.55. The Hall–Kier alpha value is -0.150. The third-order valence-corrected chi connectivity index (χ3v) is 5.55. The molecule has 2 aliphatic heterocycles. The van der Waals surface area contributed by atoms with Gasteiger partial charge in [0.15, 0.2) is 0 Å². The normalized spacial score (nSPS) is 34.1. The Morgan fingerprint density at radius 2 is 1.57 bits per heavy atom. The summed E-state index contributed by atoms with van der Waals surface area (Å²) in [6.07, 6.45) is 2.83. The Balaban J connectivity index is 1.95. The van der Waals surface area contributed by atoms with Crippen molar-refractivity contribution in [2.75, 3.05) is 26.2 Å². The van der Waals surface area contributed by atoms with Crippen molar-refractivity contribution in [3.63, 3.8) is 0 Å². The molecular weight excluding hydrogens is 263 g/mol. The Labute approximate surface area is 131 Å². The molecule has 0 saturated carbocycles. The Morgan fingerprint density at radius 1 is 0.905 bits per heavy atom. The number of hydrogen-bond donors (Lipinski definition) is 0. The van der Waals surface area contributed by atoms with Gasteiger partial charge < -0.3 is 0 Å². The lowest BCUT2D eigenvalue weighted by Crippen LogP contribution is -2.57. The van der Waals surface area contributed by atoms with Crippen LogP contribution >= 0.6 is 0 Å². The zero-order valence-corrected chi connectivity index (χ0v) is 15.0. The zero-order chi connectivity index (χ0) is 15.8. The van der Waals surface area contributed by atoms with Crippen LogP contribution in [0.2, 0.25) is 0 Å². The van der Waals surface area contributed by atoms with Crippen LogP contribution < -0.4 is 0 Å². The van der Waals surface area contributed by atoms with E-state index in [2.05, 4.69) is 51.3 Å². The van der Waals surface area contributed by atoms with Crippen LogP contribution in [0.15, 0.2) is 0 Å². The lowest BCUT2D eigenvalue weighted by Gasteiger charge is -2.48. The summed E-state index contributed by atoms with van der Waals surface area (Å²) in [5.41, 5.74) is 0.326. The quantitative estimate of drug-likeness (QED) is 0.723. The number of hydrogen-bond acceptors (Lipinski definition) is 2. The van der Waals surface area contributed by atoms with E-state index in [0.29, 0.717) is 12.6 Å². The number of piperidine rings is 2. The SMILES string of the molecule is CC(C)(C)C1CCN(C2CCCN(C(C)(C)C)C2)CC1F. The zero-order valence-electron chi connectivity index (χ0n) is 15.0. The maximum atomic E-state index is 14.6. The van der Waals surface area contributed by atoms with Gasteiger partial charge in [0.05, 0.1) is 0 Å². The summed E-state index contributed by atoms with van der Waals surface area (Å²) < 4.78 is 14.6. The molecule has 124 valence electrons. The number of halogens is 1. The van der Waals surface area contributed by atoms with Crippen LogP contribution in [0.1, 0.15) is 60.8 Å².